The fourth-order valence-corrected chi connectivity index (χ4v) is 1.96. The van der Waals surface area contributed by atoms with Crippen molar-refractivity contribution in [3.63, 3.8) is 0 Å². The van der Waals surface area contributed by atoms with E-state index in [2.05, 4.69) is 15.9 Å². The van der Waals surface area contributed by atoms with E-state index in [9.17, 15) is 18.0 Å². The number of ketones is 1. The van der Waals surface area contributed by atoms with Crippen LogP contribution in [0, 0.1) is 17.5 Å². The second-order valence-electron chi connectivity index (χ2n) is 4.32. The second kappa shape index (κ2) is 6.30. The molecule has 110 valence electrons. The predicted molar refractivity (Wildman–Crippen MR) is 74.9 cm³/mol. The zero-order valence-corrected chi connectivity index (χ0v) is 12.5. The molecule has 2 nitrogen and oxygen atoms in total. The molecule has 0 N–H and O–H groups in total. The summed E-state index contributed by atoms with van der Waals surface area (Å²) in [6.45, 7) is 1.41. The molecular formula is C15H10BrF3O2. The highest BCUT2D eigenvalue weighted by atomic mass is 79.9. The topological polar surface area (TPSA) is 26.3 Å². The van der Waals surface area contributed by atoms with Gasteiger partial charge in [-0.2, -0.15) is 0 Å². The monoisotopic (exact) mass is 358 g/mol. The van der Waals surface area contributed by atoms with Gasteiger partial charge in [0.05, 0.1) is 10.0 Å². The van der Waals surface area contributed by atoms with Crippen LogP contribution in [0.3, 0.4) is 0 Å². The van der Waals surface area contributed by atoms with Gasteiger partial charge in [0, 0.05) is 12.1 Å². The number of carbonyl (C=O) groups is 1. The van der Waals surface area contributed by atoms with Gasteiger partial charge < -0.3 is 4.74 Å². The SMILES string of the molecule is CC(Oc1ccc(Br)c(F)c1)C(=O)c1ccc(F)cc1F. The van der Waals surface area contributed by atoms with Crippen molar-refractivity contribution in [2.45, 2.75) is 13.0 Å². The van der Waals surface area contributed by atoms with Crippen molar-refractivity contribution in [3.05, 3.63) is 63.9 Å². The summed E-state index contributed by atoms with van der Waals surface area (Å²) in [6, 6.07) is 6.67. The van der Waals surface area contributed by atoms with Crippen LogP contribution in [0.15, 0.2) is 40.9 Å². The van der Waals surface area contributed by atoms with Crippen LogP contribution in [0.2, 0.25) is 0 Å². The Morgan fingerprint density at radius 2 is 1.81 bits per heavy atom. The predicted octanol–water partition coefficient (Wildman–Crippen LogP) is 4.52. The summed E-state index contributed by atoms with van der Waals surface area (Å²) in [4.78, 5) is 12.0. The van der Waals surface area contributed by atoms with Crippen molar-refractivity contribution in [1.82, 2.24) is 0 Å². The Hall–Kier alpha value is -1.82. The van der Waals surface area contributed by atoms with E-state index in [0.29, 0.717) is 6.07 Å². The number of ether oxygens (including phenoxy) is 1. The van der Waals surface area contributed by atoms with E-state index in [1.54, 1.807) is 0 Å². The van der Waals surface area contributed by atoms with Gasteiger partial charge in [-0.1, -0.05) is 0 Å². The van der Waals surface area contributed by atoms with Crippen LogP contribution in [0.25, 0.3) is 0 Å². The third-order valence-corrected chi connectivity index (χ3v) is 3.41. The summed E-state index contributed by atoms with van der Waals surface area (Å²) >= 11 is 2.99. The van der Waals surface area contributed by atoms with Crippen LogP contribution in [-0.2, 0) is 0 Å². The number of rotatable bonds is 4. The molecule has 0 fully saturated rings. The summed E-state index contributed by atoms with van der Waals surface area (Å²) in [5.41, 5.74) is -0.276. The lowest BCUT2D eigenvalue weighted by Gasteiger charge is -2.14. The molecule has 2 rings (SSSR count). The number of halogens is 4. The van der Waals surface area contributed by atoms with Crippen LogP contribution >= 0.6 is 15.9 Å². The highest BCUT2D eigenvalue weighted by molar-refractivity contribution is 9.10. The van der Waals surface area contributed by atoms with Gasteiger partial charge in [-0.15, -0.1) is 0 Å². The highest BCUT2D eigenvalue weighted by Gasteiger charge is 2.21. The van der Waals surface area contributed by atoms with Crippen molar-refractivity contribution in [3.8, 4) is 5.75 Å². The summed E-state index contributed by atoms with van der Waals surface area (Å²) in [5.74, 6) is -2.79. The maximum atomic E-state index is 13.5. The van der Waals surface area contributed by atoms with E-state index in [4.69, 9.17) is 4.74 Å². The Morgan fingerprint density at radius 3 is 2.43 bits per heavy atom. The standard InChI is InChI=1S/C15H10BrF3O2/c1-8(21-10-3-5-12(16)14(19)7-10)15(20)11-4-2-9(17)6-13(11)18/h2-8H,1H3. The van der Waals surface area contributed by atoms with E-state index in [1.165, 1.54) is 19.1 Å². The van der Waals surface area contributed by atoms with Crippen LogP contribution in [0.4, 0.5) is 13.2 Å². The zero-order valence-electron chi connectivity index (χ0n) is 10.9. The minimum Gasteiger partial charge on any atom is -0.482 e. The van der Waals surface area contributed by atoms with Crippen molar-refractivity contribution < 1.29 is 22.7 Å². The minimum absolute atomic E-state index is 0.138. The molecule has 1 atom stereocenters. The first-order chi connectivity index (χ1) is 9.88. The number of benzene rings is 2. The van der Waals surface area contributed by atoms with Gasteiger partial charge in [0.1, 0.15) is 23.2 Å². The molecule has 0 radical (unpaired) electrons. The molecule has 2 aromatic carbocycles. The molecule has 0 aromatic heterocycles. The lowest BCUT2D eigenvalue weighted by molar-refractivity contribution is 0.0813. The average Bonchev–Trinajstić information content (AvgIpc) is 2.42. The average molecular weight is 359 g/mol. The molecule has 0 aliphatic carbocycles. The van der Waals surface area contributed by atoms with Gasteiger partial charge in [-0.25, -0.2) is 13.2 Å². The fraction of sp³-hybridized carbons (Fsp3) is 0.133. The van der Waals surface area contributed by atoms with Crippen molar-refractivity contribution in [2.75, 3.05) is 0 Å². The first kappa shape index (κ1) is 15.6. The second-order valence-corrected chi connectivity index (χ2v) is 5.18. The Balaban J connectivity index is 2.17. The molecule has 2 aromatic rings. The molecule has 21 heavy (non-hydrogen) atoms. The summed E-state index contributed by atoms with van der Waals surface area (Å²) in [6.07, 6.45) is -1.04. The molecule has 0 amide bonds. The quantitative estimate of drug-likeness (QED) is 0.751. The van der Waals surface area contributed by atoms with E-state index in [0.717, 1.165) is 18.2 Å². The Labute approximate surface area is 127 Å². The van der Waals surface area contributed by atoms with Gasteiger partial charge in [0.15, 0.2) is 6.10 Å². The van der Waals surface area contributed by atoms with Crippen molar-refractivity contribution >= 4 is 21.7 Å². The molecule has 0 saturated heterocycles. The Kier molecular flexibility index (Phi) is 4.67. The number of Topliss-reactive ketones (excluding diaryl/α,β-unsaturated/α-hetero) is 1. The van der Waals surface area contributed by atoms with E-state index in [1.807, 2.05) is 0 Å². The van der Waals surface area contributed by atoms with Gasteiger partial charge in [-0.3, -0.25) is 4.79 Å². The zero-order chi connectivity index (χ0) is 15.6. The van der Waals surface area contributed by atoms with Gasteiger partial charge in [0.25, 0.3) is 0 Å². The molecule has 0 heterocycles. The van der Waals surface area contributed by atoms with Crippen LogP contribution in [0.5, 0.6) is 5.75 Å². The molecular weight excluding hydrogens is 349 g/mol. The Morgan fingerprint density at radius 1 is 1.10 bits per heavy atom. The van der Waals surface area contributed by atoms with Crippen molar-refractivity contribution in [2.24, 2.45) is 0 Å². The van der Waals surface area contributed by atoms with Gasteiger partial charge in [0.2, 0.25) is 5.78 Å². The van der Waals surface area contributed by atoms with Crippen molar-refractivity contribution in [1.29, 1.82) is 0 Å². The van der Waals surface area contributed by atoms with E-state index >= 15 is 0 Å². The summed E-state index contributed by atoms with van der Waals surface area (Å²) in [7, 11) is 0. The number of hydrogen-bond acceptors (Lipinski definition) is 2. The molecule has 0 aliphatic heterocycles. The van der Waals surface area contributed by atoms with Crippen LogP contribution in [0.1, 0.15) is 17.3 Å². The molecule has 0 saturated carbocycles. The van der Waals surface area contributed by atoms with E-state index < -0.39 is 29.3 Å². The largest absolute Gasteiger partial charge is 0.482 e. The van der Waals surface area contributed by atoms with Crippen LogP contribution < -0.4 is 4.74 Å². The third kappa shape index (κ3) is 3.64. The molecule has 0 bridgehead atoms. The van der Waals surface area contributed by atoms with Crippen LogP contribution in [-0.4, -0.2) is 11.9 Å². The maximum Gasteiger partial charge on any atom is 0.205 e. The molecule has 0 aliphatic rings. The first-order valence-corrected chi connectivity index (χ1v) is 6.78. The van der Waals surface area contributed by atoms with Gasteiger partial charge in [-0.05, 0) is 47.1 Å². The fourth-order valence-electron chi connectivity index (χ4n) is 1.72. The number of hydrogen-bond donors (Lipinski definition) is 0. The summed E-state index contributed by atoms with van der Waals surface area (Å²) < 4.78 is 45.2. The molecule has 6 heteroatoms. The maximum absolute atomic E-state index is 13.5. The molecule has 0 spiro atoms. The lowest BCUT2D eigenvalue weighted by Crippen LogP contribution is -2.25. The summed E-state index contributed by atoms with van der Waals surface area (Å²) in [5, 5.41) is 0. The van der Waals surface area contributed by atoms with Gasteiger partial charge >= 0.3 is 0 Å². The number of carbonyl (C=O) groups excluding carboxylic acids is 1. The normalized spacial score (nSPS) is 12.0. The molecule has 1 unspecified atom stereocenters. The minimum atomic E-state index is -1.04. The highest BCUT2D eigenvalue weighted by Crippen LogP contribution is 2.22. The van der Waals surface area contributed by atoms with E-state index in [-0.39, 0.29) is 15.8 Å². The first-order valence-electron chi connectivity index (χ1n) is 5.99. The lowest BCUT2D eigenvalue weighted by atomic mass is 10.1. The Bertz CT molecular complexity index is 689. The third-order valence-electron chi connectivity index (χ3n) is 2.77. The smallest absolute Gasteiger partial charge is 0.205 e.